The molecule has 1 unspecified atom stereocenters. The van der Waals surface area contributed by atoms with Crippen LogP contribution in [0.15, 0.2) is 24.3 Å². The van der Waals surface area contributed by atoms with Crippen molar-refractivity contribution < 1.29 is 23.1 Å². The van der Waals surface area contributed by atoms with Crippen molar-refractivity contribution in [3.63, 3.8) is 0 Å². The molecule has 0 radical (unpaired) electrons. The predicted octanol–water partition coefficient (Wildman–Crippen LogP) is 2.76. The van der Waals surface area contributed by atoms with E-state index in [0.29, 0.717) is 5.75 Å². The minimum Gasteiger partial charge on any atom is -0.396 e. The molecule has 3 nitrogen and oxygen atoms in total. The molecule has 19 heavy (non-hydrogen) atoms. The maximum absolute atomic E-state index is 12.7. The van der Waals surface area contributed by atoms with E-state index in [1.807, 2.05) is 0 Å². The summed E-state index contributed by atoms with van der Waals surface area (Å²) >= 11 is 1.17. The number of hydrogen-bond acceptors (Lipinski definition) is 3. The monoisotopic (exact) mass is 293 g/mol. The summed E-state index contributed by atoms with van der Waals surface area (Å²) in [5.41, 5.74) is -1.13. The molecule has 2 N–H and O–H groups in total. The molecule has 0 spiro atoms. The molecular formula is C12H14F3NO2S. The number of carbonyl (C=O) groups excluding carboxylic acids is 1. The van der Waals surface area contributed by atoms with Crippen molar-refractivity contribution in [1.29, 1.82) is 0 Å². The molecule has 0 saturated heterocycles. The lowest BCUT2D eigenvalue weighted by atomic mass is 10.1. The van der Waals surface area contributed by atoms with Gasteiger partial charge in [-0.3, -0.25) is 4.79 Å². The van der Waals surface area contributed by atoms with Crippen molar-refractivity contribution in [1.82, 2.24) is 0 Å². The first-order valence-electron chi connectivity index (χ1n) is 5.56. The topological polar surface area (TPSA) is 49.3 Å². The van der Waals surface area contributed by atoms with Gasteiger partial charge in [-0.25, -0.2) is 0 Å². The Morgan fingerprint density at radius 1 is 1.42 bits per heavy atom. The number of rotatable bonds is 5. The Morgan fingerprint density at radius 2 is 2.05 bits per heavy atom. The number of thioether (sulfide) groups is 1. The minimum atomic E-state index is -4.51. The Bertz CT molecular complexity index is 437. The Balaban J connectivity index is 2.80. The van der Waals surface area contributed by atoms with Gasteiger partial charge < -0.3 is 10.4 Å². The molecule has 0 fully saturated rings. The first kappa shape index (κ1) is 15.8. The zero-order valence-corrected chi connectivity index (χ0v) is 11.0. The lowest BCUT2D eigenvalue weighted by Crippen LogP contribution is -2.24. The Kier molecular flexibility index (Phi) is 5.68. The van der Waals surface area contributed by atoms with Gasteiger partial charge >= 0.3 is 6.18 Å². The molecule has 0 saturated carbocycles. The van der Waals surface area contributed by atoms with Gasteiger partial charge in [0.1, 0.15) is 0 Å². The third kappa shape index (κ3) is 4.76. The number of aliphatic hydroxyl groups is 1. The maximum Gasteiger partial charge on any atom is 0.418 e. The zero-order chi connectivity index (χ0) is 14.5. The summed E-state index contributed by atoms with van der Waals surface area (Å²) in [7, 11) is 0. The molecule has 106 valence electrons. The van der Waals surface area contributed by atoms with E-state index in [2.05, 4.69) is 5.32 Å². The van der Waals surface area contributed by atoms with Gasteiger partial charge in [0.2, 0.25) is 5.91 Å². The molecule has 1 amide bonds. The third-order valence-corrected chi connectivity index (χ3v) is 3.45. The lowest BCUT2D eigenvalue weighted by molar-refractivity contribution is -0.137. The number of hydrogen-bond donors (Lipinski definition) is 2. The van der Waals surface area contributed by atoms with Crippen LogP contribution in [0.3, 0.4) is 0 Å². The third-order valence-electron chi connectivity index (χ3n) is 2.32. The average Bonchev–Trinajstić information content (AvgIpc) is 2.35. The largest absolute Gasteiger partial charge is 0.418 e. The number of benzene rings is 1. The maximum atomic E-state index is 12.7. The van der Waals surface area contributed by atoms with E-state index in [0.717, 1.165) is 6.07 Å². The Labute approximate surface area is 113 Å². The highest BCUT2D eigenvalue weighted by atomic mass is 32.2. The summed E-state index contributed by atoms with van der Waals surface area (Å²) in [4.78, 5) is 11.7. The summed E-state index contributed by atoms with van der Waals surface area (Å²) in [6, 6.07) is 4.82. The molecule has 0 aliphatic carbocycles. The summed E-state index contributed by atoms with van der Waals surface area (Å²) in [5, 5.41) is 10.4. The van der Waals surface area contributed by atoms with Crippen molar-refractivity contribution in [2.75, 3.05) is 17.7 Å². The van der Waals surface area contributed by atoms with Gasteiger partial charge in [-0.05, 0) is 19.1 Å². The second-order valence-electron chi connectivity index (χ2n) is 3.77. The van der Waals surface area contributed by atoms with Crippen molar-refractivity contribution in [2.24, 2.45) is 0 Å². The van der Waals surface area contributed by atoms with Crippen LogP contribution in [0.4, 0.5) is 18.9 Å². The van der Waals surface area contributed by atoms with Crippen LogP contribution < -0.4 is 5.32 Å². The highest BCUT2D eigenvalue weighted by molar-refractivity contribution is 8.00. The molecule has 1 aromatic carbocycles. The summed E-state index contributed by atoms with van der Waals surface area (Å²) in [6.45, 7) is 1.49. The summed E-state index contributed by atoms with van der Waals surface area (Å²) < 4.78 is 38.1. The van der Waals surface area contributed by atoms with Crippen LogP contribution >= 0.6 is 11.8 Å². The van der Waals surface area contributed by atoms with Crippen LogP contribution in [-0.4, -0.2) is 28.6 Å². The van der Waals surface area contributed by atoms with E-state index in [1.165, 1.54) is 30.0 Å². The van der Waals surface area contributed by atoms with E-state index >= 15 is 0 Å². The number of carbonyl (C=O) groups is 1. The van der Waals surface area contributed by atoms with E-state index < -0.39 is 22.9 Å². The fourth-order valence-electron chi connectivity index (χ4n) is 1.38. The van der Waals surface area contributed by atoms with E-state index in [4.69, 9.17) is 5.11 Å². The molecule has 1 atom stereocenters. The first-order chi connectivity index (χ1) is 8.86. The second kappa shape index (κ2) is 6.81. The van der Waals surface area contributed by atoms with Crippen LogP contribution in [0.5, 0.6) is 0 Å². The molecule has 0 bridgehead atoms. The number of halogens is 3. The van der Waals surface area contributed by atoms with Crippen molar-refractivity contribution in [2.45, 2.75) is 18.3 Å². The van der Waals surface area contributed by atoms with Gasteiger partial charge in [0.05, 0.1) is 23.1 Å². The highest BCUT2D eigenvalue weighted by Gasteiger charge is 2.33. The predicted molar refractivity (Wildman–Crippen MR) is 69.1 cm³/mol. The van der Waals surface area contributed by atoms with Crippen LogP contribution in [0.25, 0.3) is 0 Å². The van der Waals surface area contributed by atoms with E-state index in [1.54, 1.807) is 6.92 Å². The van der Waals surface area contributed by atoms with Crippen LogP contribution in [0.1, 0.15) is 12.5 Å². The van der Waals surface area contributed by atoms with Gasteiger partial charge in [-0.2, -0.15) is 13.2 Å². The fourth-order valence-corrected chi connectivity index (χ4v) is 2.05. The van der Waals surface area contributed by atoms with Crippen molar-refractivity contribution >= 4 is 23.4 Å². The number of para-hydroxylation sites is 1. The van der Waals surface area contributed by atoms with Gasteiger partial charge in [-0.15, -0.1) is 11.8 Å². The second-order valence-corrected chi connectivity index (χ2v) is 5.22. The SMILES string of the molecule is CC(SCCO)C(=O)Nc1ccccc1C(F)(F)F. The Hall–Kier alpha value is -1.21. The summed E-state index contributed by atoms with van der Waals surface area (Å²) in [6.07, 6.45) is -4.51. The number of anilines is 1. The molecule has 0 aromatic heterocycles. The van der Waals surface area contributed by atoms with Crippen LogP contribution in [0, 0.1) is 0 Å². The fraction of sp³-hybridized carbons (Fsp3) is 0.417. The molecule has 0 aliphatic heterocycles. The molecule has 0 heterocycles. The van der Waals surface area contributed by atoms with Crippen molar-refractivity contribution in [3.8, 4) is 0 Å². The smallest absolute Gasteiger partial charge is 0.396 e. The number of amides is 1. The van der Waals surface area contributed by atoms with Gasteiger partial charge in [0.25, 0.3) is 0 Å². The number of nitrogens with one attached hydrogen (secondary N) is 1. The first-order valence-corrected chi connectivity index (χ1v) is 6.60. The number of alkyl halides is 3. The van der Waals surface area contributed by atoms with Crippen molar-refractivity contribution in [3.05, 3.63) is 29.8 Å². The highest BCUT2D eigenvalue weighted by Crippen LogP contribution is 2.34. The standard InChI is InChI=1S/C12H14F3NO2S/c1-8(19-7-6-17)11(18)16-10-5-3-2-4-9(10)12(13,14)15/h2-5,8,17H,6-7H2,1H3,(H,16,18). The average molecular weight is 293 g/mol. The van der Waals surface area contributed by atoms with Gasteiger partial charge in [-0.1, -0.05) is 12.1 Å². The van der Waals surface area contributed by atoms with E-state index in [9.17, 15) is 18.0 Å². The van der Waals surface area contributed by atoms with E-state index in [-0.39, 0.29) is 12.3 Å². The zero-order valence-electron chi connectivity index (χ0n) is 10.2. The normalized spacial score (nSPS) is 13.1. The number of aliphatic hydroxyl groups excluding tert-OH is 1. The molecular weight excluding hydrogens is 279 g/mol. The molecule has 1 aromatic rings. The molecule has 0 aliphatic rings. The Morgan fingerprint density at radius 3 is 2.63 bits per heavy atom. The minimum absolute atomic E-state index is 0.0819. The van der Waals surface area contributed by atoms with Gasteiger partial charge in [0.15, 0.2) is 0 Å². The van der Waals surface area contributed by atoms with Crippen LogP contribution in [0.2, 0.25) is 0 Å². The van der Waals surface area contributed by atoms with Gasteiger partial charge in [0, 0.05) is 5.75 Å². The molecule has 7 heteroatoms. The van der Waals surface area contributed by atoms with Crippen LogP contribution in [-0.2, 0) is 11.0 Å². The molecule has 1 rings (SSSR count). The lowest BCUT2D eigenvalue weighted by Gasteiger charge is -2.15. The summed E-state index contributed by atoms with van der Waals surface area (Å²) in [5.74, 6) is -0.162. The quantitative estimate of drug-likeness (QED) is 0.877.